The van der Waals surface area contributed by atoms with Gasteiger partial charge < -0.3 is 0 Å². The van der Waals surface area contributed by atoms with Gasteiger partial charge in [-0.15, -0.1) is 11.3 Å². The molecule has 0 saturated heterocycles. The summed E-state index contributed by atoms with van der Waals surface area (Å²) in [5.74, 6) is -0.250. The first-order chi connectivity index (χ1) is 11.2. The lowest BCUT2D eigenvalue weighted by Crippen LogP contribution is -2.16. The van der Waals surface area contributed by atoms with E-state index < -0.39 is 0 Å². The number of benzene rings is 1. The first-order valence-electron chi connectivity index (χ1n) is 6.84. The van der Waals surface area contributed by atoms with Crippen LogP contribution in [0.25, 0.3) is 5.69 Å². The number of rotatable bonds is 4. The van der Waals surface area contributed by atoms with Crippen LogP contribution in [0.2, 0.25) is 5.15 Å². The molecular formula is C16H13ClN4OS. The minimum Gasteiger partial charge on any atom is -0.266 e. The number of nitrogens with zero attached hydrogens (tertiary/aromatic N) is 3. The normalized spacial score (nSPS) is 11.0. The van der Waals surface area contributed by atoms with Crippen LogP contribution in [0.15, 0.2) is 52.9 Å². The lowest BCUT2D eigenvalue weighted by Gasteiger charge is -2.01. The smallest absolute Gasteiger partial charge is 0.266 e. The number of halogens is 1. The molecule has 3 rings (SSSR count). The Balaban J connectivity index is 1.80. The van der Waals surface area contributed by atoms with Crippen LogP contribution in [0.1, 0.15) is 20.9 Å². The van der Waals surface area contributed by atoms with Crippen LogP contribution in [0.5, 0.6) is 0 Å². The molecule has 0 aliphatic carbocycles. The van der Waals surface area contributed by atoms with Crippen molar-refractivity contribution in [2.24, 2.45) is 5.10 Å². The number of nitrogens with one attached hydrogen (secondary N) is 1. The largest absolute Gasteiger partial charge is 0.281 e. The molecule has 0 aliphatic heterocycles. The second kappa shape index (κ2) is 6.76. The highest BCUT2D eigenvalue weighted by atomic mass is 35.5. The first kappa shape index (κ1) is 15.5. The molecule has 116 valence electrons. The third kappa shape index (κ3) is 3.33. The molecule has 0 aliphatic rings. The van der Waals surface area contributed by atoms with Gasteiger partial charge in [-0.25, -0.2) is 10.1 Å². The van der Waals surface area contributed by atoms with Gasteiger partial charge >= 0.3 is 0 Å². The van der Waals surface area contributed by atoms with E-state index in [1.165, 1.54) is 17.6 Å². The molecule has 1 amide bonds. The molecule has 7 heteroatoms. The number of hydrazone groups is 1. The Kier molecular flexibility index (Phi) is 4.55. The van der Waals surface area contributed by atoms with Crippen molar-refractivity contribution in [3.8, 4) is 5.69 Å². The monoisotopic (exact) mass is 344 g/mol. The summed E-state index contributed by atoms with van der Waals surface area (Å²) in [6.45, 7) is 1.84. The number of hydrogen-bond donors (Lipinski definition) is 1. The van der Waals surface area contributed by atoms with Crippen molar-refractivity contribution in [2.75, 3.05) is 0 Å². The zero-order chi connectivity index (χ0) is 16.2. The topological polar surface area (TPSA) is 59.3 Å². The lowest BCUT2D eigenvalue weighted by atomic mass is 10.3. The summed E-state index contributed by atoms with van der Waals surface area (Å²) in [5, 5.41) is 10.7. The Morgan fingerprint density at radius 2 is 2.09 bits per heavy atom. The van der Waals surface area contributed by atoms with Crippen LogP contribution < -0.4 is 5.43 Å². The molecular weight excluding hydrogens is 332 g/mol. The minimum absolute atomic E-state index is 0.250. The van der Waals surface area contributed by atoms with Crippen molar-refractivity contribution in [3.05, 3.63) is 69.1 Å². The van der Waals surface area contributed by atoms with Crippen molar-refractivity contribution in [1.82, 2.24) is 15.2 Å². The molecule has 2 aromatic heterocycles. The number of aryl methyl sites for hydroxylation is 1. The van der Waals surface area contributed by atoms with Crippen LogP contribution in [0.4, 0.5) is 0 Å². The van der Waals surface area contributed by atoms with Gasteiger partial charge in [-0.2, -0.15) is 10.2 Å². The Bertz CT molecular complexity index is 841. The van der Waals surface area contributed by atoms with E-state index in [1.54, 1.807) is 10.7 Å². The van der Waals surface area contributed by atoms with Crippen LogP contribution in [-0.4, -0.2) is 21.9 Å². The van der Waals surface area contributed by atoms with E-state index >= 15 is 0 Å². The van der Waals surface area contributed by atoms with Gasteiger partial charge in [0.2, 0.25) is 0 Å². The predicted molar refractivity (Wildman–Crippen MR) is 92.7 cm³/mol. The molecule has 0 bridgehead atoms. The second-order valence-electron chi connectivity index (χ2n) is 4.71. The fraction of sp³-hybridized carbons (Fsp3) is 0.0625. The van der Waals surface area contributed by atoms with E-state index in [9.17, 15) is 4.79 Å². The van der Waals surface area contributed by atoms with Gasteiger partial charge in [-0.05, 0) is 30.5 Å². The Morgan fingerprint density at radius 3 is 2.78 bits per heavy atom. The molecule has 0 fully saturated rings. The van der Waals surface area contributed by atoms with Gasteiger partial charge in [0, 0.05) is 0 Å². The summed E-state index contributed by atoms with van der Waals surface area (Å²) < 4.78 is 1.64. The van der Waals surface area contributed by atoms with E-state index in [4.69, 9.17) is 11.6 Å². The molecule has 3 aromatic rings. The van der Waals surface area contributed by atoms with E-state index in [2.05, 4.69) is 15.6 Å². The summed E-state index contributed by atoms with van der Waals surface area (Å²) in [4.78, 5) is 12.4. The third-order valence-corrected chi connectivity index (χ3v) is 4.39. The highest BCUT2D eigenvalue weighted by Crippen LogP contribution is 2.21. The number of carbonyl (C=O) groups is 1. The zero-order valence-corrected chi connectivity index (χ0v) is 13.8. The number of aromatic nitrogens is 2. The summed E-state index contributed by atoms with van der Waals surface area (Å²) in [7, 11) is 0. The molecule has 2 heterocycles. The molecule has 1 aromatic carbocycles. The summed E-state index contributed by atoms with van der Waals surface area (Å²) in [5.41, 5.74) is 4.74. The Hall–Kier alpha value is -2.44. The van der Waals surface area contributed by atoms with E-state index in [-0.39, 0.29) is 5.91 Å². The van der Waals surface area contributed by atoms with Gasteiger partial charge in [0.15, 0.2) is 0 Å². The number of para-hydroxylation sites is 1. The number of amides is 1. The third-order valence-electron chi connectivity index (χ3n) is 3.15. The van der Waals surface area contributed by atoms with E-state index in [0.29, 0.717) is 15.6 Å². The minimum atomic E-state index is -0.250. The maximum absolute atomic E-state index is 11.8. The van der Waals surface area contributed by atoms with Crippen molar-refractivity contribution >= 4 is 35.1 Å². The standard InChI is InChI=1S/C16H13ClN4OS/c1-11-13(10-18-19-16(22)14-8-5-9-23-14)15(17)21(20-11)12-6-3-2-4-7-12/h2-10H,1H3,(H,19,22). The van der Waals surface area contributed by atoms with Crippen LogP contribution in [0.3, 0.4) is 0 Å². The molecule has 23 heavy (non-hydrogen) atoms. The first-order valence-corrected chi connectivity index (χ1v) is 8.10. The molecule has 0 saturated carbocycles. The van der Waals surface area contributed by atoms with Crippen molar-refractivity contribution in [2.45, 2.75) is 6.92 Å². The van der Waals surface area contributed by atoms with Gasteiger partial charge in [0.1, 0.15) is 5.15 Å². The van der Waals surface area contributed by atoms with Gasteiger partial charge in [-0.3, -0.25) is 4.79 Å². The van der Waals surface area contributed by atoms with Crippen LogP contribution in [-0.2, 0) is 0 Å². The maximum Gasteiger partial charge on any atom is 0.281 e. The highest BCUT2D eigenvalue weighted by molar-refractivity contribution is 7.12. The fourth-order valence-electron chi connectivity index (χ4n) is 2.02. The van der Waals surface area contributed by atoms with Gasteiger partial charge in [0.05, 0.1) is 28.0 Å². The predicted octanol–water partition coefficient (Wildman–Crippen LogP) is 3.66. The molecule has 0 spiro atoms. The number of hydrogen-bond acceptors (Lipinski definition) is 4. The molecule has 0 unspecified atom stereocenters. The van der Waals surface area contributed by atoms with Gasteiger partial charge in [-0.1, -0.05) is 35.9 Å². The second-order valence-corrected chi connectivity index (χ2v) is 6.02. The lowest BCUT2D eigenvalue weighted by molar-refractivity contribution is 0.0959. The zero-order valence-electron chi connectivity index (χ0n) is 12.2. The van der Waals surface area contributed by atoms with Crippen molar-refractivity contribution in [1.29, 1.82) is 0 Å². The summed E-state index contributed by atoms with van der Waals surface area (Å²) in [6.07, 6.45) is 1.51. The number of carbonyl (C=O) groups excluding carboxylic acids is 1. The SMILES string of the molecule is Cc1nn(-c2ccccc2)c(Cl)c1C=NNC(=O)c1cccs1. The van der Waals surface area contributed by atoms with E-state index in [1.807, 2.05) is 48.7 Å². The average molecular weight is 345 g/mol. The van der Waals surface area contributed by atoms with Crippen molar-refractivity contribution in [3.63, 3.8) is 0 Å². The van der Waals surface area contributed by atoms with E-state index in [0.717, 1.165) is 11.4 Å². The number of thiophene rings is 1. The Morgan fingerprint density at radius 1 is 1.30 bits per heavy atom. The average Bonchev–Trinajstić information content (AvgIpc) is 3.19. The van der Waals surface area contributed by atoms with Crippen molar-refractivity contribution < 1.29 is 4.79 Å². The molecule has 0 radical (unpaired) electrons. The highest BCUT2D eigenvalue weighted by Gasteiger charge is 2.13. The molecule has 1 N–H and O–H groups in total. The molecule has 0 atom stereocenters. The summed E-state index contributed by atoms with van der Waals surface area (Å²) in [6, 6.07) is 13.1. The Labute approximate surface area is 142 Å². The van der Waals surface area contributed by atoms with Crippen LogP contribution >= 0.6 is 22.9 Å². The summed E-state index contributed by atoms with van der Waals surface area (Å²) >= 11 is 7.73. The maximum atomic E-state index is 11.8. The van der Waals surface area contributed by atoms with Crippen LogP contribution in [0, 0.1) is 6.92 Å². The quantitative estimate of drug-likeness (QED) is 0.580. The molecule has 5 nitrogen and oxygen atoms in total. The van der Waals surface area contributed by atoms with Gasteiger partial charge in [0.25, 0.3) is 5.91 Å². The fourth-order valence-corrected chi connectivity index (χ4v) is 2.95.